The molecule has 148 valence electrons. The number of nitrogens with one attached hydrogen (secondary N) is 1. The topological polar surface area (TPSA) is 71.0 Å². The number of aryl methyl sites for hydroxylation is 1. The molecule has 1 aliphatic rings. The Morgan fingerprint density at radius 2 is 1.96 bits per heavy atom. The number of halogens is 1. The third-order valence-corrected chi connectivity index (χ3v) is 6.85. The highest BCUT2D eigenvalue weighted by Gasteiger charge is 2.40. The largest absolute Gasteiger partial charge is 0.492 e. The van der Waals surface area contributed by atoms with Gasteiger partial charge in [-0.05, 0) is 39.8 Å². The van der Waals surface area contributed by atoms with E-state index < -0.39 is 14.6 Å². The SMILES string of the molecule is CCNC(=NCCOc1ccc(C)cc1)N1CCS(=O)(=O)C(C)(C)C1.I. The summed E-state index contributed by atoms with van der Waals surface area (Å²) in [6.45, 7) is 10.2. The molecule has 1 heterocycles. The summed E-state index contributed by atoms with van der Waals surface area (Å²) >= 11 is 0. The quantitative estimate of drug-likeness (QED) is 0.294. The van der Waals surface area contributed by atoms with E-state index in [1.807, 2.05) is 43.0 Å². The molecule has 1 saturated heterocycles. The molecule has 0 radical (unpaired) electrons. The number of nitrogens with zero attached hydrogens (tertiary/aromatic N) is 2. The van der Waals surface area contributed by atoms with E-state index in [0.717, 1.165) is 18.3 Å². The molecule has 1 fully saturated rings. The Morgan fingerprint density at radius 1 is 1.31 bits per heavy atom. The van der Waals surface area contributed by atoms with Gasteiger partial charge in [-0.15, -0.1) is 24.0 Å². The van der Waals surface area contributed by atoms with Crippen LogP contribution in [0, 0.1) is 6.92 Å². The minimum atomic E-state index is -3.06. The molecule has 0 spiro atoms. The maximum absolute atomic E-state index is 12.2. The van der Waals surface area contributed by atoms with Gasteiger partial charge in [0, 0.05) is 19.6 Å². The molecular formula is C18H30IN3O3S. The maximum atomic E-state index is 12.2. The van der Waals surface area contributed by atoms with Gasteiger partial charge in [0.1, 0.15) is 12.4 Å². The van der Waals surface area contributed by atoms with Gasteiger partial charge in [0.05, 0.1) is 17.0 Å². The van der Waals surface area contributed by atoms with Gasteiger partial charge in [0.15, 0.2) is 15.8 Å². The number of ether oxygens (including phenoxy) is 1. The van der Waals surface area contributed by atoms with Crippen LogP contribution < -0.4 is 10.1 Å². The lowest BCUT2D eigenvalue weighted by molar-refractivity contribution is 0.323. The maximum Gasteiger partial charge on any atom is 0.194 e. The van der Waals surface area contributed by atoms with Crippen molar-refractivity contribution in [3.05, 3.63) is 29.8 Å². The van der Waals surface area contributed by atoms with Crippen LogP contribution >= 0.6 is 24.0 Å². The molecule has 1 aromatic carbocycles. The molecule has 6 nitrogen and oxygen atoms in total. The third kappa shape index (κ3) is 6.00. The summed E-state index contributed by atoms with van der Waals surface area (Å²) in [4.78, 5) is 6.62. The van der Waals surface area contributed by atoms with E-state index in [-0.39, 0.29) is 29.7 Å². The van der Waals surface area contributed by atoms with Crippen molar-refractivity contribution in [1.29, 1.82) is 0 Å². The highest BCUT2D eigenvalue weighted by atomic mass is 127. The van der Waals surface area contributed by atoms with Gasteiger partial charge >= 0.3 is 0 Å². The van der Waals surface area contributed by atoms with Crippen molar-refractivity contribution in [2.24, 2.45) is 4.99 Å². The minimum absolute atomic E-state index is 0. The van der Waals surface area contributed by atoms with E-state index in [1.165, 1.54) is 5.56 Å². The van der Waals surface area contributed by atoms with Gasteiger partial charge in [-0.3, -0.25) is 0 Å². The van der Waals surface area contributed by atoms with Gasteiger partial charge < -0.3 is 15.0 Å². The van der Waals surface area contributed by atoms with Gasteiger partial charge in [-0.25, -0.2) is 13.4 Å². The van der Waals surface area contributed by atoms with Crippen LogP contribution in [0.15, 0.2) is 29.3 Å². The normalized spacial score (nSPS) is 18.8. The summed E-state index contributed by atoms with van der Waals surface area (Å²) in [5.41, 5.74) is 1.20. The zero-order valence-corrected chi connectivity index (χ0v) is 19.1. The smallest absolute Gasteiger partial charge is 0.194 e. The fourth-order valence-corrected chi connectivity index (χ4v) is 4.07. The van der Waals surface area contributed by atoms with Crippen molar-refractivity contribution >= 4 is 39.8 Å². The molecule has 0 unspecified atom stereocenters. The van der Waals surface area contributed by atoms with Crippen LogP contribution in [-0.2, 0) is 9.84 Å². The average molecular weight is 495 g/mol. The highest BCUT2D eigenvalue weighted by Crippen LogP contribution is 2.23. The lowest BCUT2D eigenvalue weighted by Gasteiger charge is -2.39. The minimum Gasteiger partial charge on any atom is -0.492 e. The molecule has 8 heteroatoms. The second-order valence-electron chi connectivity index (χ2n) is 6.90. The number of aliphatic imine (C=N–C) groups is 1. The number of sulfone groups is 1. The first-order valence-corrected chi connectivity index (χ1v) is 10.4. The predicted molar refractivity (Wildman–Crippen MR) is 118 cm³/mol. The number of hydrogen-bond acceptors (Lipinski definition) is 4. The van der Waals surface area contributed by atoms with E-state index >= 15 is 0 Å². The molecule has 0 bridgehead atoms. The molecule has 0 saturated carbocycles. The van der Waals surface area contributed by atoms with Crippen LogP contribution in [0.4, 0.5) is 0 Å². The van der Waals surface area contributed by atoms with Gasteiger partial charge in [-0.2, -0.15) is 0 Å². The molecule has 0 atom stereocenters. The zero-order valence-electron chi connectivity index (χ0n) is 16.0. The monoisotopic (exact) mass is 495 g/mol. The summed E-state index contributed by atoms with van der Waals surface area (Å²) < 4.78 is 29.3. The van der Waals surface area contributed by atoms with Crippen molar-refractivity contribution in [3.8, 4) is 5.75 Å². The first-order valence-electron chi connectivity index (χ1n) is 8.70. The molecule has 1 aromatic rings. The van der Waals surface area contributed by atoms with Crippen molar-refractivity contribution in [3.63, 3.8) is 0 Å². The second-order valence-corrected chi connectivity index (χ2v) is 9.64. The molecule has 1 aliphatic heterocycles. The Kier molecular flexibility index (Phi) is 8.65. The van der Waals surface area contributed by atoms with E-state index in [2.05, 4.69) is 10.3 Å². The summed E-state index contributed by atoms with van der Waals surface area (Å²) in [5, 5.41) is 3.25. The van der Waals surface area contributed by atoms with E-state index in [1.54, 1.807) is 13.8 Å². The van der Waals surface area contributed by atoms with Crippen molar-refractivity contribution in [2.45, 2.75) is 32.4 Å². The third-order valence-electron chi connectivity index (χ3n) is 4.32. The number of benzene rings is 1. The van der Waals surface area contributed by atoms with Crippen molar-refractivity contribution in [2.75, 3.05) is 38.5 Å². The molecular weight excluding hydrogens is 465 g/mol. The summed E-state index contributed by atoms with van der Waals surface area (Å²) in [7, 11) is -3.06. The van der Waals surface area contributed by atoms with Crippen molar-refractivity contribution in [1.82, 2.24) is 10.2 Å². The van der Waals surface area contributed by atoms with Crippen LogP contribution in [-0.4, -0.2) is 62.6 Å². The van der Waals surface area contributed by atoms with Gasteiger partial charge in [0.25, 0.3) is 0 Å². The lowest BCUT2D eigenvalue weighted by Crippen LogP contribution is -2.57. The number of hydrogen-bond donors (Lipinski definition) is 1. The molecule has 26 heavy (non-hydrogen) atoms. The Hall–Kier alpha value is -1.03. The first-order chi connectivity index (χ1) is 11.7. The average Bonchev–Trinajstić information content (AvgIpc) is 2.55. The van der Waals surface area contributed by atoms with E-state index in [0.29, 0.717) is 26.2 Å². The van der Waals surface area contributed by atoms with Crippen LogP contribution in [0.25, 0.3) is 0 Å². The molecule has 0 aliphatic carbocycles. The first kappa shape index (κ1) is 23.0. The summed E-state index contributed by atoms with van der Waals surface area (Å²) in [6, 6.07) is 7.92. The zero-order chi connectivity index (χ0) is 18.5. The second kappa shape index (κ2) is 9.77. The van der Waals surface area contributed by atoms with E-state index in [9.17, 15) is 8.42 Å². The van der Waals surface area contributed by atoms with Crippen molar-refractivity contribution < 1.29 is 13.2 Å². The molecule has 0 aromatic heterocycles. The Labute approximate surface area is 174 Å². The molecule has 1 N–H and O–H groups in total. The fraction of sp³-hybridized carbons (Fsp3) is 0.611. The molecule has 0 amide bonds. The van der Waals surface area contributed by atoms with E-state index in [4.69, 9.17) is 4.74 Å². The van der Waals surface area contributed by atoms with Crippen LogP contribution in [0.1, 0.15) is 26.3 Å². The number of guanidine groups is 1. The lowest BCUT2D eigenvalue weighted by atomic mass is 10.2. The standard InChI is InChI=1S/C18H29N3O3S.HI/c1-5-19-17(21-11-13-25(22,23)18(3,4)14-21)20-10-12-24-16-8-6-15(2)7-9-16;/h6-9H,5,10-14H2,1-4H3,(H,19,20);1H. The van der Waals surface area contributed by atoms with Crippen LogP contribution in [0.2, 0.25) is 0 Å². The Bertz CT molecular complexity index is 703. The Morgan fingerprint density at radius 3 is 2.54 bits per heavy atom. The number of rotatable bonds is 5. The van der Waals surface area contributed by atoms with Crippen LogP contribution in [0.3, 0.4) is 0 Å². The van der Waals surface area contributed by atoms with Gasteiger partial charge in [-0.1, -0.05) is 17.7 Å². The Balaban J connectivity index is 0.00000338. The highest BCUT2D eigenvalue weighted by molar-refractivity contribution is 14.0. The van der Waals surface area contributed by atoms with Crippen LogP contribution in [0.5, 0.6) is 5.75 Å². The van der Waals surface area contributed by atoms with Gasteiger partial charge in [0.2, 0.25) is 0 Å². The predicted octanol–water partition coefficient (Wildman–Crippen LogP) is 2.47. The molecule has 2 rings (SSSR count). The summed E-state index contributed by atoms with van der Waals surface area (Å²) in [6.07, 6.45) is 0. The fourth-order valence-electron chi connectivity index (χ4n) is 2.70. The summed E-state index contributed by atoms with van der Waals surface area (Å²) in [5.74, 6) is 1.73.